The molecule has 7 nitrogen and oxygen atoms in total. The molecule has 1 aromatic heterocycles. The van der Waals surface area contributed by atoms with E-state index < -0.39 is 0 Å². The number of carbonyl (C=O) groups excluding carboxylic acids is 1. The van der Waals surface area contributed by atoms with Gasteiger partial charge in [0.2, 0.25) is 11.9 Å². The Bertz CT molecular complexity index is 814. The fourth-order valence-corrected chi connectivity index (χ4v) is 2.90. The zero-order valence-corrected chi connectivity index (χ0v) is 15.5. The van der Waals surface area contributed by atoms with Crippen molar-refractivity contribution in [2.45, 2.75) is 13.5 Å². The maximum Gasteiger partial charge on any atom is 0.255 e. The van der Waals surface area contributed by atoms with Gasteiger partial charge in [-0.2, -0.15) is 0 Å². The number of morpholine rings is 1. The van der Waals surface area contributed by atoms with Gasteiger partial charge in [-0.1, -0.05) is 15.9 Å². The van der Waals surface area contributed by atoms with Gasteiger partial charge in [-0.15, -0.1) is 0 Å². The Labute approximate surface area is 153 Å². The Morgan fingerprint density at radius 1 is 1.28 bits per heavy atom. The molecule has 0 bridgehead atoms. The zero-order valence-electron chi connectivity index (χ0n) is 13.9. The van der Waals surface area contributed by atoms with Crippen molar-refractivity contribution in [2.75, 3.05) is 36.5 Å². The molecule has 3 rings (SSSR count). The number of aryl methyl sites for hydroxylation is 1. The molecule has 1 fully saturated rings. The lowest BCUT2D eigenvalue weighted by atomic mass is 10.3. The molecule has 1 N–H and O–H groups in total. The lowest BCUT2D eigenvalue weighted by Crippen LogP contribution is -2.41. The number of hydrogen-bond donors (Lipinski definition) is 1. The van der Waals surface area contributed by atoms with Gasteiger partial charge in [0.05, 0.1) is 13.2 Å². The Morgan fingerprint density at radius 3 is 2.64 bits per heavy atom. The summed E-state index contributed by atoms with van der Waals surface area (Å²) in [7, 11) is 0. The lowest BCUT2D eigenvalue weighted by molar-refractivity contribution is -0.116. The Kier molecular flexibility index (Phi) is 5.50. The second kappa shape index (κ2) is 7.79. The molecule has 0 atom stereocenters. The molecule has 0 saturated carbocycles. The van der Waals surface area contributed by atoms with Crippen LogP contribution in [0, 0.1) is 6.92 Å². The molecule has 25 heavy (non-hydrogen) atoms. The first-order valence-corrected chi connectivity index (χ1v) is 8.79. The van der Waals surface area contributed by atoms with Crippen molar-refractivity contribution in [2.24, 2.45) is 0 Å². The van der Waals surface area contributed by atoms with Crippen LogP contribution in [0.15, 0.2) is 39.6 Å². The van der Waals surface area contributed by atoms with E-state index in [0.717, 1.165) is 4.47 Å². The monoisotopic (exact) mass is 406 g/mol. The molecule has 1 saturated heterocycles. The summed E-state index contributed by atoms with van der Waals surface area (Å²) in [5.74, 6) is 0.240. The summed E-state index contributed by atoms with van der Waals surface area (Å²) in [5, 5.41) is 2.80. The summed E-state index contributed by atoms with van der Waals surface area (Å²) in [6.07, 6.45) is 0. The quantitative estimate of drug-likeness (QED) is 0.837. The number of amides is 1. The predicted octanol–water partition coefficient (Wildman–Crippen LogP) is 1.79. The van der Waals surface area contributed by atoms with Crippen LogP contribution in [0.5, 0.6) is 0 Å². The second-order valence-corrected chi connectivity index (χ2v) is 6.69. The van der Waals surface area contributed by atoms with Crippen molar-refractivity contribution < 1.29 is 9.53 Å². The maximum atomic E-state index is 12.4. The number of halogens is 1. The molecule has 1 aromatic carbocycles. The number of anilines is 2. The first-order valence-electron chi connectivity index (χ1n) is 7.99. The van der Waals surface area contributed by atoms with Gasteiger partial charge in [0.1, 0.15) is 6.54 Å². The standard InChI is InChI=1S/C17H19BrN4O3/c1-12-10-16(24)22(17(19-12)21-6-8-25-9-7-21)11-15(23)20-14-4-2-13(18)3-5-14/h2-5,10H,6-9,11H2,1H3,(H,20,23). The third kappa shape index (κ3) is 4.46. The molecule has 2 aromatic rings. The van der Waals surface area contributed by atoms with E-state index in [2.05, 4.69) is 26.2 Å². The van der Waals surface area contributed by atoms with Crippen LogP contribution in [0.4, 0.5) is 11.6 Å². The highest BCUT2D eigenvalue weighted by atomic mass is 79.9. The number of nitrogens with one attached hydrogen (secondary N) is 1. The van der Waals surface area contributed by atoms with Crippen molar-refractivity contribution in [3.63, 3.8) is 0 Å². The Morgan fingerprint density at radius 2 is 1.96 bits per heavy atom. The second-order valence-electron chi connectivity index (χ2n) is 5.78. The Hall–Kier alpha value is -2.19. The van der Waals surface area contributed by atoms with E-state index in [-0.39, 0.29) is 18.0 Å². The van der Waals surface area contributed by atoms with Crippen molar-refractivity contribution in [3.05, 3.63) is 50.9 Å². The largest absolute Gasteiger partial charge is 0.378 e. The van der Waals surface area contributed by atoms with E-state index in [0.29, 0.717) is 43.6 Å². The van der Waals surface area contributed by atoms with E-state index in [9.17, 15) is 9.59 Å². The lowest BCUT2D eigenvalue weighted by Gasteiger charge is -2.29. The van der Waals surface area contributed by atoms with Gasteiger partial charge in [-0.25, -0.2) is 4.98 Å². The predicted molar refractivity (Wildman–Crippen MR) is 99.0 cm³/mol. The van der Waals surface area contributed by atoms with Crippen LogP contribution in [0.3, 0.4) is 0 Å². The third-order valence-electron chi connectivity index (χ3n) is 3.84. The molecule has 1 aliphatic rings. The number of ether oxygens (including phenoxy) is 1. The highest BCUT2D eigenvalue weighted by molar-refractivity contribution is 9.10. The van der Waals surface area contributed by atoms with Gasteiger partial charge in [0.25, 0.3) is 5.56 Å². The van der Waals surface area contributed by atoms with Gasteiger partial charge in [0, 0.05) is 35.0 Å². The van der Waals surface area contributed by atoms with Crippen molar-refractivity contribution in [3.8, 4) is 0 Å². The summed E-state index contributed by atoms with van der Waals surface area (Å²) >= 11 is 3.35. The zero-order chi connectivity index (χ0) is 17.8. The first-order chi connectivity index (χ1) is 12.0. The molecule has 0 aliphatic carbocycles. The highest BCUT2D eigenvalue weighted by Crippen LogP contribution is 2.15. The summed E-state index contributed by atoms with van der Waals surface area (Å²) in [6.45, 7) is 4.13. The van der Waals surface area contributed by atoms with Gasteiger partial charge in [0.15, 0.2) is 0 Å². The van der Waals surface area contributed by atoms with Crippen LogP contribution in [0.25, 0.3) is 0 Å². The van der Waals surface area contributed by atoms with Gasteiger partial charge < -0.3 is 15.0 Å². The van der Waals surface area contributed by atoms with Crippen molar-refractivity contribution >= 4 is 33.5 Å². The fraction of sp³-hybridized carbons (Fsp3) is 0.353. The number of hydrogen-bond acceptors (Lipinski definition) is 5. The van der Waals surface area contributed by atoms with Crippen molar-refractivity contribution in [1.29, 1.82) is 0 Å². The Balaban J connectivity index is 1.82. The van der Waals surface area contributed by atoms with Crippen molar-refractivity contribution in [1.82, 2.24) is 9.55 Å². The summed E-state index contributed by atoms with van der Waals surface area (Å²) in [4.78, 5) is 31.3. The molecular weight excluding hydrogens is 388 g/mol. The van der Waals surface area contributed by atoms with Crippen LogP contribution in [-0.4, -0.2) is 41.8 Å². The molecule has 132 valence electrons. The van der Waals surface area contributed by atoms with E-state index >= 15 is 0 Å². The van der Waals surface area contributed by atoms with E-state index in [1.165, 1.54) is 10.6 Å². The summed E-state index contributed by atoms with van der Waals surface area (Å²) in [6, 6.07) is 8.71. The van der Waals surface area contributed by atoms with Gasteiger partial charge >= 0.3 is 0 Å². The fourth-order valence-electron chi connectivity index (χ4n) is 2.64. The number of aromatic nitrogens is 2. The topological polar surface area (TPSA) is 76.5 Å². The molecule has 1 amide bonds. The number of rotatable bonds is 4. The minimum Gasteiger partial charge on any atom is -0.378 e. The minimum absolute atomic E-state index is 0.0884. The van der Waals surface area contributed by atoms with E-state index in [4.69, 9.17) is 4.74 Å². The SMILES string of the molecule is Cc1cc(=O)n(CC(=O)Nc2ccc(Br)cc2)c(N2CCOCC2)n1. The molecule has 0 spiro atoms. The molecule has 2 heterocycles. The van der Waals surface area contributed by atoms with Gasteiger partial charge in [-0.05, 0) is 31.2 Å². The highest BCUT2D eigenvalue weighted by Gasteiger charge is 2.19. The molecule has 0 unspecified atom stereocenters. The number of carbonyl (C=O) groups is 1. The average molecular weight is 407 g/mol. The summed E-state index contributed by atoms with van der Waals surface area (Å²) < 4.78 is 7.69. The smallest absolute Gasteiger partial charge is 0.255 e. The summed E-state index contributed by atoms with van der Waals surface area (Å²) in [5.41, 5.74) is 1.07. The normalized spacial score (nSPS) is 14.4. The molecule has 1 aliphatic heterocycles. The van der Waals surface area contributed by atoms with Crippen LogP contribution in [0.1, 0.15) is 5.69 Å². The van der Waals surface area contributed by atoms with Gasteiger partial charge in [-0.3, -0.25) is 14.2 Å². The van der Waals surface area contributed by atoms with Crippen LogP contribution < -0.4 is 15.8 Å². The average Bonchev–Trinajstić information content (AvgIpc) is 2.60. The van der Waals surface area contributed by atoms with Crippen LogP contribution in [-0.2, 0) is 16.1 Å². The molecular formula is C17H19BrN4O3. The maximum absolute atomic E-state index is 12.4. The van der Waals surface area contributed by atoms with E-state index in [1.54, 1.807) is 19.1 Å². The van der Waals surface area contributed by atoms with Crippen LogP contribution >= 0.6 is 15.9 Å². The first kappa shape index (κ1) is 17.6. The van der Waals surface area contributed by atoms with Crippen LogP contribution in [0.2, 0.25) is 0 Å². The number of nitrogens with zero attached hydrogens (tertiary/aromatic N) is 3. The minimum atomic E-state index is -0.274. The third-order valence-corrected chi connectivity index (χ3v) is 4.37. The van der Waals surface area contributed by atoms with E-state index in [1.807, 2.05) is 17.0 Å². The molecule has 8 heteroatoms. The number of benzene rings is 1. The molecule has 0 radical (unpaired) electrons.